The lowest BCUT2D eigenvalue weighted by Gasteiger charge is -2.11. The third-order valence-electron chi connectivity index (χ3n) is 2.52. The standard InChI is InChI=1S/C10H12BrNO/c11-8-2-1-3-9(13)7(8)6-10(12)4-5-10/h1-3,13H,4-6,12H2. The summed E-state index contributed by atoms with van der Waals surface area (Å²) in [5, 5.41) is 9.60. The van der Waals surface area contributed by atoms with E-state index in [1.165, 1.54) is 0 Å². The summed E-state index contributed by atoms with van der Waals surface area (Å²) >= 11 is 3.41. The van der Waals surface area contributed by atoms with Gasteiger partial charge < -0.3 is 10.8 Å². The fourth-order valence-corrected chi connectivity index (χ4v) is 1.91. The molecule has 0 radical (unpaired) electrons. The maximum atomic E-state index is 9.60. The Hall–Kier alpha value is -0.540. The normalized spacial score (nSPS) is 18.6. The van der Waals surface area contributed by atoms with Gasteiger partial charge in [-0.2, -0.15) is 0 Å². The number of benzene rings is 1. The summed E-state index contributed by atoms with van der Waals surface area (Å²) in [7, 11) is 0. The molecule has 2 nitrogen and oxygen atoms in total. The van der Waals surface area contributed by atoms with Gasteiger partial charge in [-0.25, -0.2) is 0 Å². The minimum absolute atomic E-state index is 0.0542. The first-order chi connectivity index (χ1) is 6.11. The summed E-state index contributed by atoms with van der Waals surface area (Å²) in [6, 6.07) is 5.45. The fraction of sp³-hybridized carbons (Fsp3) is 0.400. The molecule has 0 saturated heterocycles. The Morgan fingerprint density at radius 1 is 1.46 bits per heavy atom. The van der Waals surface area contributed by atoms with Gasteiger partial charge in [0.15, 0.2) is 0 Å². The Morgan fingerprint density at radius 2 is 2.15 bits per heavy atom. The summed E-state index contributed by atoms with van der Waals surface area (Å²) < 4.78 is 0.948. The molecule has 3 heteroatoms. The van der Waals surface area contributed by atoms with E-state index in [0.29, 0.717) is 5.75 Å². The second-order valence-corrected chi connectivity index (χ2v) is 4.63. The van der Waals surface area contributed by atoms with E-state index in [1.54, 1.807) is 6.07 Å². The van der Waals surface area contributed by atoms with Crippen molar-refractivity contribution in [2.75, 3.05) is 0 Å². The lowest BCUT2D eigenvalue weighted by atomic mass is 10.0. The van der Waals surface area contributed by atoms with Gasteiger partial charge in [0.2, 0.25) is 0 Å². The van der Waals surface area contributed by atoms with Gasteiger partial charge >= 0.3 is 0 Å². The molecule has 1 saturated carbocycles. The number of aromatic hydroxyl groups is 1. The summed E-state index contributed by atoms with van der Waals surface area (Å²) in [6.45, 7) is 0. The zero-order chi connectivity index (χ0) is 9.47. The van der Waals surface area contributed by atoms with Crippen molar-refractivity contribution in [3.05, 3.63) is 28.2 Å². The van der Waals surface area contributed by atoms with Crippen LogP contribution in [0.1, 0.15) is 18.4 Å². The minimum Gasteiger partial charge on any atom is -0.508 e. The van der Waals surface area contributed by atoms with E-state index in [2.05, 4.69) is 15.9 Å². The monoisotopic (exact) mass is 241 g/mol. The van der Waals surface area contributed by atoms with Crippen LogP contribution in [0.5, 0.6) is 5.75 Å². The Morgan fingerprint density at radius 3 is 2.69 bits per heavy atom. The molecular formula is C10H12BrNO. The molecule has 1 aliphatic carbocycles. The van der Waals surface area contributed by atoms with Crippen LogP contribution in [0.25, 0.3) is 0 Å². The van der Waals surface area contributed by atoms with Gasteiger partial charge in [0.25, 0.3) is 0 Å². The number of phenolic OH excluding ortho intramolecular Hbond substituents is 1. The van der Waals surface area contributed by atoms with Crippen molar-refractivity contribution in [1.82, 2.24) is 0 Å². The molecule has 3 N–H and O–H groups in total. The van der Waals surface area contributed by atoms with Crippen molar-refractivity contribution in [3.63, 3.8) is 0 Å². The zero-order valence-electron chi connectivity index (χ0n) is 7.26. The molecule has 70 valence electrons. The van der Waals surface area contributed by atoms with E-state index >= 15 is 0 Å². The molecule has 0 spiro atoms. The van der Waals surface area contributed by atoms with Crippen molar-refractivity contribution < 1.29 is 5.11 Å². The molecule has 0 aromatic heterocycles. The third-order valence-corrected chi connectivity index (χ3v) is 3.26. The molecule has 1 aromatic rings. The van der Waals surface area contributed by atoms with E-state index in [1.807, 2.05) is 12.1 Å². The van der Waals surface area contributed by atoms with E-state index in [0.717, 1.165) is 29.3 Å². The van der Waals surface area contributed by atoms with Crippen molar-refractivity contribution in [3.8, 4) is 5.75 Å². The molecule has 0 bridgehead atoms. The van der Waals surface area contributed by atoms with Gasteiger partial charge in [-0.3, -0.25) is 0 Å². The van der Waals surface area contributed by atoms with Crippen LogP contribution < -0.4 is 5.73 Å². The number of rotatable bonds is 2. The first kappa shape index (κ1) is 9.03. The van der Waals surface area contributed by atoms with E-state index in [9.17, 15) is 5.11 Å². The predicted molar refractivity (Wildman–Crippen MR) is 55.7 cm³/mol. The quantitative estimate of drug-likeness (QED) is 0.834. The highest BCUT2D eigenvalue weighted by Crippen LogP contribution is 2.39. The largest absolute Gasteiger partial charge is 0.508 e. The van der Waals surface area contributed by atoms with E-state index < -0.39 is 0 Å². The molecule has 0 unspecified atom stereocenters. The van der Waals surface area contributed by atoms with Crippen LogP contribution in [-0.2, 0) is 6.42 Å². The molecule has 0 atom stereocenters. The van der Waals surface area contributed by atoms with Crippen LogP contribution in [0, 0.1) is 0 Å². The maximum absolute atomic E-state index is 9.60. The molecule has 1 fully saturated rings. The molecular weight excluding hydrogens is 230 g/mol. The lowest BCUT2D eigenvalue weighted by molar-refractivity contribution is 0.463. The SMILES string of the molecule is NC1(Cc2c(O)cccc2Br)CC1. The molecule has 0 amide bonds. The highest BCUT2D eigenvalue weighted by molar-refractivity contribution is 9.10. The topological polar surface area (TPSA) is 46.2 Å². The Balaban J connectivity index is 2.28. The average molecular weight is 242 g/mol. The second kappa shape index (κ2) is 3.00. The van der Waals surface area contributed by atoms with Crippen LogP contribution in [-0.4, -0.2) is 10.6 Å². The summed E-state index contributed by atoms with van der Waals surface area (Å²) in [4.78, 5) is 0. The summed E-state index contributed by atoms with van der Waals surface area (Å²) in [5.41, 5.74) is 6.86. The molecule has 13 heavy (non-hydrogen) atoms. The number of phenols is 1. The van der Waals surface area contributed by atoms with Crippen LogP contribution in [0.15, 0.2) is 22.7 Å². The molecule has 1 aromatic carbocycles. The Kier molecular flexibility index (Phi) is 2.08. The number of nitrogens with two attached hydrogens (primary N) is 1. The number of hydrogen-bond donors (Lipinski definition) is 2. The van der Waals surface area contributed by atoms with Gasteiger partial charge in [-0.15, -0.1) is 0 Å². The molecule has 2 rings (SSSR count). The van der Waals surface area contributed by atoms with Crippen LogP contribution >= 0.6 is 15.9 Å². The molecule has 1 aliphatic rings. The van der Waals surface area contributed by atoms with Gasteiger partial charge in [0.05, 0.1) is 0 Å². The number of hydrogen-bond acceptors (Lipinski definition) is 2. The minimum atomic E-state index is -0.0542. The van der Waals surface area contributed by atoms with Crippen molar-refractivity contribution >= 4 is 15.9 Å². The zero-order valence-corrected chi connectivity index (χ0v) is 8.84. The highest BCUT2D eigenvalue weighted by Gasteiger charge is 2.39. The van der Waals surface area contributed by atoms with Gasteiger partial charge in [0.1, 0.15) is 5.75 Å². The highest BCUT2D eigenvalue weighted by atomic mass is 79.9. The van der Waals surface area contributed by atoms with Crippen molar-refractivity contribution in [2.45, 2.75) is 24.8 Å². The van der Waals surface area contributed by atoms with E-state index in [-0.39, 0.29) is 5.54 Å². The van der Waals surface area contributed by atoms with Crippen molar-refractivity contribution in [1.29, 1.82) is 0 Å². The Bertz CT molecular complexity index is 313. The van der Waals surface area contributed by atoms with Crippen LogP contribution in [0.2, 0.25) is 0 Å². The molecule has 0 heterocycles. The molecule has 0 aliphatic heterocycles. The van der Waals surface area contributed by atoms with Gasteiger partial charge in [-0.05, 0) is 31.4 Å². The summed E-state index contributed by atoms with van der Waals surface area (Å²) in [6.07, 6.45) is 2.89. The number of halogens is 1. The van der Waals surface area contributed by atoms with Gasteiger partial charge in [0, 0.05) is 15.6 Å². The first-order valence-electron chi connectivity index (χ1n) is 4.36. The third kappa shape index (κ3) is 1.86. The van der Waals surface area contributed by atoms with Crippen molar-refractivity contribution in [2.24, 2.45) is 5.73 Å². The fourth-order valence-electron chi connectivity index (χ4n) is 1.41. The van der Waals surface area contributed by atoms with E-state index in [4.69, 9.17) is 5.73 Å². The van der Waals surface area contributed by atoms with Crippen LogP contribution in [0.4, 0.5) is 0 Å². The summed E-state index contributed by atoms with van der Waals surface area (Å²) in [5.74, 6) is 0.339. The second-order valence-electron chi connectivity index (χ2n) is 3.78. The maximum Gasteiger partial charge on any atom is 0.119 e. The predicted octanol–water partition coefficient (Wildman–Crippen LogP) is 2.19. The van der Waals surface area contributed by atoms with Crippen LogP contribution in [0.3, 0.4) is 0 Å². The lowest BCUT2D eigenvalue weighted by Crippen LogP contribution is -2.24. The van der Waals surface area contributed by atoms with Gasteiger partial charge in [-0.1, -0.05) is 22.0 Å². The average Bonchev–Trinajstić information content (AvgIpc) is 2.78. The first-order valence-corrected chi connectivity index (χ1v) is 5.15. The smallest absolute Gasteiger partial charge is 0.119 e. The Labute approximate surface area is 85.9 Å².